The first-order valence-electron chi connectivity index (χ1n) is 15.2. The molecule has 16 nitrogen and oxygen atoms in total. The molecular weight excluding hydrogens is 648 g/mol. The van der Waals surface area contributed by atoms with Crippen molar-refractivity contribution < 1.29 is 67.1 Å². The highest BCUT2D eigenvalue weighted by molar-refractivity contribution is 5.87. The van der Waals surface area contributed by atoms with Crippen molar-refractivity contribution in [3.05, 3.63) is 59.7 Å². The van der Waals surface area contributed by atoms with Crippen molar-refractivity contribution >= 4 is 41.8 Å². The summed E-state index contributed by atoms with van der Waals surface area (Å²) in [5.41, 5.74) is 3.87. The normalized spacial score (nSPS) is 21.5. The molecule has 0 bridgehead atoms. The van der Waals surface area contributed by atoms with Gasteiger partial charge in [0.15, 0.2) is 24.5 Å². The molecule has 3 N–H and O–H groups in total. The molecule has 1 saturated heterocycles. The summed E-state index contributed by atoms with van der Waals surface area (Å²) in [5, 5.41) is 14.3. The second-order valence-electron chi connectivity index (χ2n) is 11.3. The summed E-state index contributed by atoms with van der Waals surface area (Å²) in [6.07, 6.45) is -9.53. The summed E-state index contributed by atoms with van der Waals surface area (Å²) in [6, 6.07) is 13.5. The van der Waals surface area contributed by atoms with Crippen LogP contribution in [0.3, 0.4) is 0 Å². The molecule has 262 valence electrons. The lowest BCUT2D eigenvalue weighted by molar-refractivity contribution is -0.257. The van der Waals surface area contributed by atoms with Gasteiger partial charge in [0.1, 0.15) is 25.4 Å². The maximum absolute atomic E-state index is 13.2. The van der Waals surface area contributed by atoms with E-state index < -0.39 is 91.6 Å². The second-order valence-corrected chi connectivity index (χ2v) is 11.3. The molecule has 16 heteroatoms. The van der Waals surface area contributed by atoms with Crippen molar-refractivity contribution in [1.29, 1.82) is 0 Å². The summed E-state index contributed by atoms with van der Waals surface area (Å²) in [6.45, 7) is 3.57. The van der Waals surface area contributed by atoms with Crippen LogP contribution in [0.1, 0.15) is 51.2 Å². The van der Waals surface area contributed by atoms with E-state index >= 15 is 0 Å². The Bertz CT molecular complexity index is 1560. The van der Waals surface area contributed by atoms with Gasteiger partial charge in [-0.15, -0.1) is 0 Å². The van der Waals surface area contributed by atoms with E-state index in [0.717, 1.165) is 49.9 Å². The van der Waals surface area contributed by atoms with Crippen LogP contribution in [0.4, 0.5) is 4.79 Å². The lowest BCUT2D eigenvalue weighted by Gasteiger charge is -2.44. The molecule has 0 saturated carbocycles. The highest BCUT2D eigenvalue weighted by Crippen LogP contribution is 2.44. The van der Waals surface area contributed by atoms with E-state index in [0.29, 0.717) is 0 Å². The minimum absolute atomic E-state index is 0.108. The van der Waals surface area contributed by atoms with E-state index in [2.05, 4.69) is 10.6 Å². The van der Waals surface area contributed by atoms with Crippen molar-refractivity contribution in [2.45, 2.75) is 76.7 Å². The molecule has 0 spiro atoms. The third kappa shape index (κ3) is 9.31. The Hall–Kier alpha value is -5.51. The number of hydrogen-bond acceptors (Lipinski definition) is 13. The molecule has 49 heavy (non-hydrogen) atoms. The molecule has 0 aromatic heterocycles. The van der Waals surface area contributed by atoms with Crippen LogP contribution in [0.15, 0.2) is 48.5 Å². The third-order valence-corrected chi connectivity index (χ3v) is 7.62. The predicted octanol–water partition coefficient (Wildman–Crippen LogP) is 1.57. The highest BCUT2D eigenvalue weighted by atomic mass is 16.7. The van der Waals surface area contributed by atoms with Crippen LogP contribution in [-0.4, -0.2) is 96.9 Å². The summed E-state index contributed by atoms with van der Waals surface area (Å²) < 4.78 is 32.1. The quantitative estimate of drug-likeness (QED) is 0.214. The van der Waals surface area contributed by atoms with Crippen molar-refractivity contribution in [2.75, 3.05) is 13.2 Å². The van der Waals surface area contributed by atoms with Crippen LogP contribution in [0.25, 0.3) is 11.1 Å². The van der Waals surface area contributed by atoms with Gasteiger partial charge in [0.25, 0.3) is 0 Å². The third-order valence-electron chi connectivity index (χ3n) is 7.62. The number of alkyl carbamates (subject to hydrolysis) is 1. The lowest BCUT2D eigenvalue weighted by Crippen LogP contribution is -2.66. The molecule has 2 aliphatic rings. The SMILES string of the molecule is CC(=O)OC[C@@H]1O[C@@H](NC(=O)C[C@@H](NC(=O)OCC2c3ccccc3-c3ccccc32)C(=O)O)[C@H](OC(C)=O)[C@@H](OC(C)=O)[C@@H]1OC(C)=O. The van der Waals surface area contributed by atoms with Crippen LogP contribution < -0.4 is 10.6 Å². The number of rotatable bonds is 12. The number of amides is 2. The number of carboxylic acids is 1. The highest BCUT2D eigenvalue weighted by Gasteiger charge is 2.52. The zero-order valence-electron chi connectivity index (χ0n) is 27.0. The first kappa shape index (κ1) is 36.3. The van der Waals surface area contributed by atoms with Crippen molar-refractivity contribution in [2.24, 2.45) is 0 Å². The molecule has 6 atom stereocenters. The average Bonchev–Trinajstić information content (AvgIpc) is 3.34. The van der Waals surface area contributed by atoms with Crippen molar-refractivity contribution in [1.82, 2.24) is 10.6 Å². The Labute approximate surface area is 280 Å². The number of carbonyl (C=O) groups excluding carboxylic acids is 6. The zero-order valence-corrected chi connectivity index (χ0v) is 27.0. The molecule has 1 fully saturated rings. The Morgan fingerprint density at radius 3 is 1.78 bits per heavy atom. The van der Waals surface area contributed by atoms with Crippen LogP contribution in [0.5, 0.6) is 0 Å². The van der Waals surface area contributed by atoms with Crippen molar-refractivity contribution in [3.63, 3.8) is 0 Å². The molecule has 2 amide bonds. The number of carboxylic acid groups (broad SMARTS) is 1. The van der Waals surface area contributed by atoms with Gasteiger partial charge < -0.3 is 44.2 Å². The standard InChI is InChI=1S/C33H36N2O14/c1-16(36)44-15-26-28(46-17(2)37)29(47-18(3)38)30(48-19(4)39)31(49-26)35-27(40)13-25(32(41)42)34-33(43)45-14-24-22-11-7-5-9-20(22)21-10-6-8-12-23(21)24/h5-12,24-26,28-31H,13-15H2,1-4H3,(H,34,43)(H,35,40)(H,41,42)/t25-,26+,28-,29+,30-,31-/m1/s1. The monoisotopic (exact) mass is 684 g/mol. The molecule has 1 heterocycles. The van der Waals surface area contributed by atoms with E-state index in [4.69, 9.17) is 28.4 Å². The van der Waals surface area contributed by atoms with E-state index in [9.17, 15) is 38.7 Å². The Morgan fingerprint density at radius 1 is 0.714 bits per heavy atom. The van der Waals surface area contributed by atoms with Crippen LogP contribution in [-0.2, 0) is 57.2 Å². The average molecular weight is 685 g/mol. The molecular formula is C33H36N2O14. The molecule has 1 aliphatic heterocycles. The first-order chi connectivity index (χ1) is 23.2. The number of carbonyl (C=O) groups is 7. The fourth-order valence-electron chi connectivity index (χ4n) is 5.73. The molecule has 2 aromatic carbocycles. The Morgan fingerprint density at radius 2 is 1.24 bits per heavy atom. The largest absolute Gasteiger partial charge is 0.480 e. The Balaban J connectivity index is 1.46. The van der Waals surface area contributed by atoms with Gasteiger partial charge in [-0.3, -0.25) is 24.0 Å². The van der Waals surface area contributed by atoms with Gasteiger partial charge in [-0.1, -0.05) is 48.5 Å². The topological polar surface area (TPSA) is 219 Å². The number of aliphatic carboxylic acids is 1. The van der Waals surface area contributed by atoms with Crippen LogP contribution in [0.2, 0.25) is 0 Å². The van der Waals surface area contributed by atoms with Gasteiger partial charge in [-0.05, 0) is 22.3 Å². The molecule has 2 aromatic rings. The van der Waals surface area contributed by atoms with Gasteiger partial charge in [-0.2, -0.15) is 0 Å². The summed E-state index contributed by atoms with van der Waals surface area (Å²) >= 11 is 0. The van der Waals surface area contributed by atoms with Gasteiger partial charge in [-0.25, -0.2) is 9.59 Å². The first-order valence-corrected chi connectivity index (χ1v) is 15.2. The molecule has 4 rings (SSSR count). The Kier molecular flexibility index (Phi) is 11.9. The predicted molar refractivity (Wildman–Crippen MR) is 164 cm³/mol. The number of ether oxygens (including phenoxy) is 6. The summed E-state index contributed by atoms with van der Waals surface area (Å²) in [4.78, 5) is 85.5. The molecule has 1 aliphatic carbocycles. The number of esters is 4. The maximum Gasteiger partial charge on any atom is 0.407 e. The van der Waals surface area contributed by atoms with Gasteiger partial charge in [0, 0.05) is 33.6 Å². The van der Waals surface area contributed by atoms with E-state index in [1.807, 2.05) is 48.5 Å². The summed E-state index contributed by atoms with van der Waals surface area (Å²) in [7, 11) is 0. The fourth-order valence-corrected chi connectivity index (χ4v) is 5.73. The second kappa shape index (κ2) is 16.1. The zero-order chi connectivity index (χ0) is 35.8. The fraction of sp³-hybridized carbons (Fsp3) is 0.424. The van der Waals surface area contributed by atoms with Gasteiger partial charge >= 0.3 is 35.9 Å². The van der Waals surface area contributed by atoms with E-state index in [1.54, 1.807) is 0 Å². The minimum Gasteiger partial charge on any atom is -0.480 e. The van der Waals surface area contributed by atoms with Gasteiger partial charge in [0.05, 0.1) is 6.42 Å². The number of fused-ring (bicyclic) bond motifs is 3. The van der Waals surface area contributed by atoms with Crippen molar-refractivity contribution in [3.8, 4) is 11.1 Å². The number of nitrogens with one attached hydrogen (secondary N) is 2. The van der Waals surface area contributed by atoms with E-state index in [-0.39, 0.29) is 12.5 Å². The number of benzene rings is 2. The lowest BCUT2D eigenvalue weighted by atomic mass is 9.97. The maximum atomic E-state index is 13.2. The molecule has 0 unspecified atom stereocenters. The van der Waals surface area contributed by atoms with Crippen LogP contribution in [0, 0.1) is 0 Å². The van der Waals surface area contributed by atoms with Crippen LogP contribution >= 0.6 is 0 Å². The van der Waals surface area contributed by atoms with E-state index in [1.165, 1.54) is 0 Å². The summed E-state index contributed by atoms with van der Waals surface area (Å²) in [5.74, 6) is -6.22. The number of hydrogen-bond donors (Lipinski definition) is 3. The smallest absolute Gasteiger partial charge is 0.407 e. The molecule has 0 radical (unpaired) electrons. The minimum atomic E-state index is -1.78. The van der Waals surface area contributed by atoms with Gasteiger partial charge in [0.2, 0.25) is 5.91 Å².